The zero-order valence-corrected chi connectivity index (χ0v) is 35.0. The Hall–Kier alpha value is -2.31. The summed E-state index contributed by atoms with van der Waals surface area (Å²) in [6.45, 7) is 26.5. The van der Waals surface area contributed by atoms with E-state index in [1.54, 1.807) is 0 Å². The van der Waals surface area contributed by atoms with Crippen LogP contribution in [0.25, 0.3) is 11.1 Å². The van der Waals surface area contributed by atoms with Crippen molar-refractivity contribution < 1.29 is 49.0 Å². The first-order valence-electron chi connectivity index (χ1n) is 16.7. The van der Waals surface area contributed by atoms with Crippen LogP contribution in [0.1, 0.15) is 114 Å². The molecule has 0 heterocycles. The Kier molecular flexibility index (Phi) is 14.9. The molecule has 0 fully saturated rings. The Morgan fingerprint density at radius 2 is 1.17 bits per heavy atom. The van der Waals surface area contributed by atoms with Gasteiger partial charge in [0, 0.05) is 0 Å². The molecule has 0 saturated carbocycles. The standard InChI is InChI=1S/C21H25.C15H14.C9H13.2ClH.Zr/c1-20(2,3)16-7-9-18-14(12-16)11-15-13-17(21(4,5)6)8-10-19(15)18;1-12-3-7-14(8-4-12)11-15-9-5-13(2)6-10-15;1-6-5-7(2)9(4)8(6)3;;;/h7-10,12H,11H2,1-6H3;3-10H,1-2H3;6H,1-4H3;2*1H;/q-1;;-1;;;+2/p-2. The Labute approximate surface area is 319 Å². The number of hydrogen-bond donors (Lipinski definition) is 0. The van der Waals surface area contributed by atoms with Crippen LogP contribution in [-0.4, -0.2) is 3.21 Å². The van der Waals surface area contributed by atoms with E-state index in [4.69, 9.17) is 0 Å². The zero-order chi connectivity index (χ0) is 34.0. The van der Waals surface area contributed by atoms with Crippen molar-refractivity contribution in [3.8, 4) is 11.1 Å². The molecule has 0 aliphatic heterocycles. The van der Waals surface area contributed by atoms with Gasteiger partial charge in [0.2, 0.25) is 0 Å². The van der Waals surface area contributed by atoms with Crippen molar-refractivity contribution in [3.05, 3.63) is 152 Å². The molecule has 0 saturated heterocycles. The van der Waals surface area contributed by atoms with Crippen LogP contribution in [0.4, 0.5) is 0 Å². The molecule has 1 unspecified atom stereocenters. The Bertz CT molecular complexity index is 1660. The monoisotopic (exact) mass is 752 g/mol. The quantitative estimate of drug-likeness (QED) is 0.200. The summed E-state index contributed by atoms with van der Waals surface area (Å²) < 4.78 is 1.42. The molecule has 0 bridgehead atoms. The van der Waals surface area contributed by atoms with Gasteiger partial charge in [0.15, 0.2) is 0 Å². The van der Waals surface area contributed by atoms with Crippen molar-refractivity contribution in [2.45, 2.75) is 100 Å². The number of hydrogen-bond acceptors (Lipinski definition) is 0. The van der Waals surface area contributed by atoms with Crippen molar-refractivity contribution in [3.63, 3.8) is 0 Å². The van der Waals surface area contributed by atoms with E-state index in [1.807, 2.05) is 0 Å². The van der Waals surface area contributed by atoms with E-state index in [0.717, 1.165) is 6.42 Å². The van der Waals surface area contributed by atoms with Gasteiger partial charge >= 0.3 is 112 Å². The second-order valence-electron chi connectivity index (χ2n) is 15.2. The number of aryl methyl sites for hydroxylation is 2. The van der Waals surface area contributed by atoms with Gasteiger partial charge in [-0.1, -0.05) is 92.0 Å². The second-order valence-corrected chi connectivity index (χ2v) is 16.4. The molecule has 0 N–H and O–H groups in total. The topological polar surface area (TPSA) is 0 Å². The molecule has 0 spiro atoms. The summed E-state index contributed by atoms with van der Waals surface area (Å²) in [5.74, 6) is 0.560. The van der Waals surface area contributed by atoms with Gasteiger partial charge in [0.1, 0.15) is 0 Å². The fraction of sp³-hybridized carbons (Fsp3) is 0.356. The minimum absolute atomic E-state index is 0. The molecule has 3 heteroatoms. The molecule has 0 amide bonds. The molecule has 4 aromatic rings. The number of benzene rings is 4. The number of rotatable bonds is 2. The molecule has 1 atom stereocenters. The zero-order valence-electron chi connectivity index (χ0n) is 31.0. The van der Waals surface area contributed by atoms with E-state index in [1.165, 1.54) is 99.8 Å². The van der Waals surface area contributed by atoms with Crippen molar-refractivity contribution in [2.24, 2.45) is 5.92 Å². The average Bonchev–Trinajstić information content (AvgIpc) is 3.48. The van der Waals surface area contributed by atoms with Gasteiger partial charge in [-0.15, -0.1) is 18.1 Å². The summed E-state index contributed by atoms with van der Waals surface area (Å²) in [5, 5.41) is 0. The maximum Gasteiger partial charge on any atom is -1.00 e. The summed E-state index contributed by atoms with van der Waals surface area (Å²) in [6.07, 6.45) is 4.39. The Morgan fingerprint density at radius 1 is 0.667 bits per heavy atom. The van der Waals surface area contributed by atoms with Gasteiger partial charge in [0.25, 0.3) is 0 Å². The molecule has 6 rings (SSSR count). The van der Waals surface area contributed by atoms with Gasteiger partial charge in [-0.2, -0.15) is 34.9 Å². The van der Waals surface area contributed by atoms with Crippen LogP contribution in [0.3, 0.4) is 0 Å². The third-order valence-electron chi connectivity index (χ3n) is 9.38. The van der Waals surface area contributed by atoms with Crippen LogP contribution in [0.2, 0.25) is 0 Å². The van der Waals surface area contributed by atoms with Gasteiger partial charge < -0.3 is 24.8 Å². The molecule has 0 radical (unpaired) electrons. The van der Waals surface area contributed by atoms with E-state index in [2.05, 4.69) is 174 Å². The summed E-state index contributed by atoms with van der Waals surface area (Å²) in [7, 11) is 0. The normalized spacial score (nSPS) is 14.6. The summed E-state index contributed by atoms with van der Waals surface area (Å²) in [6, 6.07) is 32.7. The van der Waals surface area contributed by atoms with Gasteiger partial charge in [-0.3, -0.25) is 6.08 Å². The molecule has 2 aliphatic carbocycles. The minimum Gasteiger partial charge on any atom is -1.00 e. The van der Waals surface area contributed by atoms with Crippen LogP contribution in [0.15, 0.2) is 95.6 Å². The maximum atomic E-state index is 3.67. The molecule has 48 heavy (non-hydrogen) atoms. The van der Waals surface area contributed by atoms with E-state index >= 15 is 0 Å². The smallest absolute Gasteiger partial charge is 1.00 e. The fourth-order valence-corrected chi connectivity index (χ4v) is 6.62. The molecule has 0 aromatic heterocycles. The molecule has 252 valence electrons. The maximum absolute atomic E-state index is 3.67. The number of allylic oxidation sites excluding steroid dienone is 4. The molecule has 2 aliphatic rings. The van der Waals surface area contributed by atoms with Crippen LogP contribution < -0.4 is 24.8 Å². The number of halogens is 2. The van der Waals surface area contributed by atoms with Crippen molar-refractivity contribution in [1.82, 2.24) is 0 Å². The largest absolute Gasteiger partial charge is 1.00 e. The third-order valence-corrected chi connectivity index (χ3v) is 10.8. The minimum atomic E-state index is 0. The van der Waals surface area contributed by atoms with E-state index in [9.17, 15) is 0 Å². The van der Waals surface area contributed by atoms with E-state index < -0.39 is 0 Å². The molecular formula is C45H52Cl2Zr-2. The first-order chi connectivity index (χ1) is 21.5. The number of fused-ring (bicyclic) bond motifs is 3. The van der Waals surface area contributed by atoms with Crippen molar-refractivity contribution in [1.29, 1.82) is 0 Å². The molecule has 0 nitrogen and oxygen atoms in total. The SMILES string of the molecule is CC(C)(C)c1[c-]c2c(cc1)-c1ccc(C(C)(C)C)cc1C2.CC1=[C-]C(C)C(C)=C1C.Cc1ccc([C](=[Zr+2])c2ccc(C)cc2)cc1.[Cl-].[Cl-]. The summed E-state index contributed by atoms with van der Waals surface area (Å²) >= 11 is 1.46. The Balaban J connectivity index is 0.000000264. The average molecular weight is 755 g/mol. The summed E-state index contributed by atoms with van der Waals surface area (Å²) in [5.41, 5.74) is 18.3. The third kappa shape index (κ3) is 10.4. The van der Waals surface area contributed by atoms with Crippen LogP contribution in [0, 0.1) is 31.9 Å². The molecule has 4 aromatic carbocycles. The predicted molar refractivity (Wildman–Crippen MR) is 196 cm³/mol. The van der Waals surface area contributed by atoms with Gasteiger partial charge in [-0.25, -0.2) is 5.57 Å². The molecular weight excluding hydrogens is 703 g/mol. The first kappa shape index (κ1) is 41.9. The second kappa shape index (κ2) is 17.1. The van der Waals surface area contributed by atoms with Gasteiger partial charge in [-0.05, 0) is 28.4 Å². The Morgan fingerprint density at radius 3 is 1.56 bits per heavy atom. The van der Waals surface area contributed by atoms with Crippen molar-refractivity contribution in [2.75, 3.05) is 0 Å². The van der Waals surface area contributed by atoms with Gasteiger partial charge in [0.05, 0.1) is 0 Å². The van der Waals surface area contributed by atoms with Crippen LogP contribution >= 0.6 is 0 Å². The van der Waals surface area contributed by atoms with Crippen molar-refractivity contribution >= 4 is 3.21 Å². The first-order valence-corrected chi connectivity index (χ1v) is 17.9. The van der Waals surface area contributed by atoms with E-state index in [0.29, 0.717) is 5.92 Å². The fourth-order valence-electron chi connectivity index (χ4n) is 5.80. The van der Waals surface area contributed by atoms with Crippen LogP contribution in [0.5, 0.6) is 0 Å². The predicted octanol–water partition coefficient (Wildman–Crippen LogP) is 5.80. The van der Waals surface area contributed by atoms with Crippen LogP contribution in [-0.2, 0) is 41.5 Å². The summed E-state index contributed by atoms with van der Waals surface area (Å²) in [4.78, 5) is 0. The van der Waals surface area contributed by atoms with E-state index in [-0.39, 0.29) is 35.6 Å².